The number of nitrogens with two attached hydrogens (primary N) is 1. The number of hydrogen-bond acceptors (Lipinski definition) is 3. The van der Waals surface area contributed by atoms with Crippen molar-refractivity contribution in [3.8, 4) is 0 Å². The van der Waals surface area contributed by atoms with Gasteiger partial charge in [0.2, 0.25) is 10.0 Å². The minimum absolute atomic E-state index is 0.0124. The summed E-state index contributed by atoms with van der Waals surface area (Å²) in [7, 11) is -3.79. The Morgan fingerprint density at radius 1 is 1.48 bits per heavy atom. The molecule has 1 aromatic heterocycles. The fourth-order valence-corrected chi connectivity index (χ4v) is 2.93. The van der Waals surface area contributed by atoms with Crippen LogP contribution in [0.15, 0.2) is 17.2 Å². The average Bonchev–Trinajstić information content (AvgIpc) is 3.12. The van der Waals surface area contributed by atoms with Crippen LogP contribution in [-0.2, 0) is 10.0 Å². The van der Waals surface area contributed by atoms with Crippen molar-refractivity contribution in [1.29, 1.82) is 0 Å². The van der Waals surface area contributed by atoms with E-state index in [1.165, 1.54) is 12.3 Å². The molecular formula is C14H23N3O3S. The predicted molar refractivity (Wildman–Crippen MR) is 80.5 cm³/mol. The molecule has 0 unspecified atom stereocenters. The first-order chi connectivity index (χ1) is 9.74. The van der Waals surface area contributed by atoms with Gasteiger partial charge in [-0.05, 0) is 31.7 Å². The third-order valence-electron chi connectivity index (χ3n) is 3.57. The van der Waals surface area contributed by atoms with Gasteiger partial charge in [-0.3, -0.25) is 4.79 Å². The molecule has 2 N–H and O–H groups in total. The Morgan fingerprint density at radius 3 is 2.52 bits per heavy atom. The maximum atomic E-state index is 12.7. The van der Waals surface area contributed by atoms with Crippen molar-refractivity contribution in [3.63, 3.8) is 0 Å². The summed E-state index contributed by atoms with van der Waals surface area (Å²) in [5, 5.41) is 5.18. The Hall–Kier alpha value is -1.34. The molecule has 1 amide bonds. The summed E-state index contributed by atoms with van der Waals surface area (Å²) < 4.78 is 24.8. The molecule has 0 aliphatic heterocycles. The van der Waals surface area contributed by atoms with Crippen molar-refractivity contribution >= 4 is 15.9 Å². The molecule has 0 bridgehead atoms. The van der Waals surface area contributed by atoms with Crippen LogP contribution in [0.25, 0.3) is 0 Å². The maximum absolute atomic E-state index is 12.7. The number of carbonyl (C=O) groups is 1. The van der Waals surface area contributed by atoms with Gasteiger partial charge in [0.05, 0.1) is 0 Å². The summed E-state index contributed by atoms with van der Waals surface area (Å²) >= 11 is 0. The van der Waals surface area contributed by atoms with Crippen molar-refractivity contribution in [3.05, 3.63) is 18.0 Å². The lowest BCUT2D eigenvalue weighted by Gasteiger charge is -2.23. The standard InChI is InChI=1S/C14H23N3O3S/c1-4-16(8-10(2)3)14(18)13-7-12(21(15,19)20)9-17(13)11-5-6-11/h7,9-11H,4-6,8H2,1-3H3,(H2,15,19,20). The molecule has 1 aromatic rings. The number of sulfonamides is 1. The van der Waals surface area contributed by atoms with E-state index >= 15 is 0 Å². The number of rotatable bonds is 6. The van der Waals surface area contributed by atoms with Crippen molar-refractivity contribution in [2.75, 3.05) is 13.1 Å². The Kier molecular flexibility index (Phi) is 4.43. The van der Waals surface area contributed by atoms with Gasteiger partial charge in [-0.25, -0.2) is 13.6 Å². The van der Waals surface area contributed by atoms with Crippen molar-refractivity contribution < 1.29 is 13.2 Å². The minimum Gasteiger partial charge on any atom is -0.339 e. The zero-order valence-corrected chi connectivity index (χ0v) is 13.6. The fourth-order valence-electron chi connectivity index (χ4n) is 2.39. The van der Waals surface area contributed by atoms with Gasteiger partial charge in [-0.2, -0.15) is 0 Å². The van der Waals surface area contributed by atoms with Crippen molar-refractivity contribution in [1.82, 2.24) is 9.47 Å². The van der Waals surface area contributed by atoms with E-state index in [1.807, 2.05) is 20.8 Å². The molecule has 21 heavy (non-hydrogen) atoms. The highest BCUT2D eigenvalue weighted by Crippen LogP contribution is 2.37. The molecular weight excluding hydrogens is 290 g/mol. The SMILES string of the molecule is CCN(CC(C)C)C(=O)c1cc(S(N)(=O)=O)cn1C1CC1. The van der Waals surface area contributed by atoms with Crippen LogP contribution < -0.4 is 5.14 Å². The lowest BCUT2D eigenvalue weighted by Crippen LogP contribution is -2.35. The molecule has 0 atom stereocenters. The van der Waals surface area contributed by atoms with E-state index in [0.717, 1.165) is 12.8 Å². The summed E-state index contributed by atoms with van der Waals surface area (Å²) in [6, 6.07) is 1.62. The zero-order valence-electron chi connectivity index (χ0n) is 12.7. The number of hydrogen-bond donors (Lipinski definition) is 1. The molecule has 1 aliphatic rings. The van der Waals surface area contributed by atoms with E-state index in [1.54, 1.807) is 9.47 Å². The summed E-state index contributed by atoms with van der Waals surface area (Å²) in [6.45, 7) is 7.26. The van der Waals surface area contributed by atoms with Crippen LogP contribution >= 0.6 is 0 Å². The highest BCUT2D eigenvalue weighted by molar-refractivity contribution is 7.89. The van der Waals surface area contributed by atoms with Gasteiger partial charge < -0.3 is 9.47 Å². The van der Waals surface area contributed by atoms with Gasteiger partial charge in [-0.1, -0.05) is 13.8 Å². The molecule has 118 valence electrons. The van der Waals surface area contributed by atoms with Crippen molar-refractivity contribution in [2.45, 2.75) is 44.6 Å². The molecule has 1 saturated carbocycles. The second kappa shape index (κ2) is 5.81. The minimum atomic E-state index is -3.79. The van der Waals surface area contributed by atoms with E-state index in [0.29, 0.717) is 24.7 Å². The summed E-state index contributed by atoms with van der Waals surface area (Å²) in [5.74, 6) is 0.226. The number of amides is 1. The molecule has 0 saturated heterocycles. The van der Waals surface area contributed by atoms with E-state index in [4.69, 9.17) is 5.14 Å². The number of carbonyl (C=O) groups excluding carboxylic acids is 1. The molecule has 7 heteroatoms. The predicted octanol–water partition coefficient (Wildman–Crippen LogP) is 1.59. The van der Waals surface area contributed by atoms with Gasteiger partial charge in [-0.15, -0.1) is 0 Å². The van der Waals surface area contributed by atoms with Crippen LogP contribution in [0.4, 0.5) is 0 Å². The molecule has 1 heterocycles. The summed E-state index contributed by atoms with van der Waals surface area (Å²) in [6.07, 6.45) is 3.42. The highest BCUT2D eigenvalue weighted by Gasteiger charge is 2.31. The Balaban J connectivity index is 2.37. The molecule has 2 rings (SSSR count). The quantitative estimate of drug-likeness (QED) is 0.865. The molecule has 1 fully saturated rings. The Bertz CT molecular complexity index is 630. The molecule has 0 spiro atoms. The summed E-state index contributed by atoms with van der Waals surface area (Å²) in [5.41, 5.74) is 0.420. The first kappa shape index (κ1) is 16.0. The number of primary sulfonamides is 1. The monoisotopic (exact) mass is 313 g/mol. The molecule has 1 aliphatic carbocycles. The largest absolute Gasteiger partial charge is 0.339 e. The van der Waals surface area contributed by atoms with Crippen LogP contribution in [0.3, 0.4) is 0 Å². The topological polar surface area (TPSA) is 85.4 Å². The summed E-state index contributed by atoms with van der Waals surface area (Å²) in [4.78, 5) is 14.4. The lowest BCUT2D eigenvalue weighted by atomic mass is 10.2. The lowest BCUT2D eigenvalue weighted by molar-refractivity contribution is 0.0734. The van der Waals surface area contributed by atoms with Crippen LogP contribution in [0.2, 0.25) is 0 Å². The Morgan fingerprint density at radius 2 is 2.10 bits per heavy atom. The third kappa shape index (κ3) is 3.65. The van der Waals surface area contributed by atoms with E-state index < -0.39 is 10.0 Å². The van der Waals surface area contributed by atoms with Gasteiger partial charge >= 0.3 is 0 Å². The van der Waals surface area contributed by atoms with Crippen LogP contribution in [-0.4, -0.2) is 36.9 Å². The smallest absolute Gasteiger partial charge is 0.270 e. The third-order valence-corrected chi connectivity index (χ3v) is 4.45. The van der Waals surface area contributed by atoms with Gasteiger partial charge in [0, 0.05) is 25.3 Å². The number of aromatic nitrogens is 1. The fraction of sp³-hybridized carbons (Fsp3) is 0.643. The first-order valence-corrected chi connectivity index (χ1v) is 8.82. The highest BCUT2D eigenvalue weighted by atomic mass is 32.2. The average molecular weight is 313 g/mol. The van der Waals surface area contributed by atoms with E-state index in [2.05, 4.69) is 0 Å². The Labute approximate surface area is 126 Å². The molecule has 6 nitrogen and oxygen atoms in total. The maximum Gasteiger partial charge on any atom is 0.270 e. The van der Waals surface area contributed by atoms with E-state index in [9.17, 15) is 13.2 Å². The van der Waals surface area contributed by atoms with Crippen LogP contribution in [0, 0.1) is 5.92 Å². The van der Waals surface area contributed by atoms with Crippen LogP contribution in [0.5, 0.6) is 0 Å². The molecule has 0 aromatic carbocycles. The van der Waals surface area contributed by atoms with E-state index in [-0.39, 0.29) is 16.8 Å². The van der Waals surface area contributed by atoms with Gasteiger partial charge in [0.15, 0.2) is 0 Å². The first-order valence-electron chi connectivity index (χ1n) is 7.28. The normalized spacial score (nSPS) is 15.5. The second-order valence-electron chi connectivity index (χ2n) is 5.98. The number of nitrogens with zero attached hydrogens (tertiary/aromatic N) is 2. The van der Waals surface area contributed by atoms with Crippen LogP contribution in [0.1, 0.15) is 50.1 Å². The molecule has 0 radical (unpaired) electrons. The zero-order chi connectivity index (χ0) is 15.8. The second-order valence-corrected chi connectivity index (χ2v) is 7.54. The van der Waals surface area contributed by atoms with Gasteiger partial charge in [0.25, 0.3) is 5.91 Å². The van der Waals surface area contributed by atoms with Crippen molar-refractivity contribution in [2.24, 2.45) is 11.1 Å². The van der Waals surface area contributed by atoms with Gasteiger partial charge in [0.1, 0.15) is 10.6 Å².